The summed E-state index contributed by atoms with van der Waals surface area (Å²) >= 11 is 0. The first-order chi connectivity index (χ1) is 7.45. The van der Waals surface area contributed by atoms with Crippen LogP contribution in [0.1, 0.15) is 23.7 Å². The largest absolute Gasteiger partial charge is 0.494 e. The fraction of sp³-hybridized carbons (Fsp3) is 0.364. The number of carbonyl (C=O) groups is 1. The number of ketones is 1. The van der Waals surface area contributed by atoms with E-state index in [2.05, 4.69) is 0 Å². The van der Waals surface area contributed by atoms with Crippen molar-refractivity contribution in [3.63, 3.8) is 0 Å². The van der Waals surface area contributed by atoms with Crippen molar-refractivity contribution in [1.29, 1.82) is 0 Å². The smallest absolute Gasteiger partial charge is 0.454 e. The Hall–Kier alpha value is -1.52. The summed E-state index contributed by atoms with van der Waals surface area (Å²) in [5.41, 5.74) is -0.402. The van der Waals surface area contributed by atoms with E-state index in [1.54, 1.807) is 0 Å². The molecule has 0 saturated heterocycles. The molecular weight excluding hydrogens is 221 g/mol. The molecule has 0 amide bonds. The molecule has 0 aliphatic carbocycles. The van der Waals surface area contributed by atoms with E-state index in [9.17, 15) is 18.0 Å². The van der Waals surface area contributed by atoms with Crippen LogP contribution in [0.25, 0.3) is 0 Å². The van der Waals surface area contributed by atoms with E-state index in [1.165, 1.54) is 12.1 Å². The lowest BCUT2D eigenvalue weighted by Crippen LogP contribution is -2.22. The van der Waals surface area contributed by atoms with Crippen LogP contribution < -0.4 is 4.74 Å². The van der Waals surface area contributed by atoms with Crippen LogP contribution in [0, 0.1) is 0 Å². The number of ether oxygens (including phenoxy) is 1. The second kappa shape index (κ2) is 5.01. The van der Waals surface area contributed by atoms with E-state index >= 15 is 0 Å². The number of rotatable bonds is 4. The molecule has 0 N–H and O–H groups in total. The van der Waals surface area contributed by atoms with Crippen LogP contribution >= 0.6 is 0 Å². The van der Waals surface area contributed by atoms with Crippen molar-refractivity contribution < 1.29 is 22.7 Å². The molecule has 0 heterocycles. The zero-order valence-corrected chi connectivity index (χ0v) is 8.67. The first-order valence-corrected chi connectivity index (χ1v) is 4.79. The van der Waals surface area contributed by atoms with Crippen molar-refractivity contribution in [1.82, 2.24) is 0 Å². The van der Waals surface area contributed by atoms with Gasteiger partial charge in [0, 0.05) is 5.56 Å². The van der Waals surface area contributed by atoms with Crippen LogP contribution in [-0.4, -0.2) is 18.6 Å². The fourth-order valence-corrected chi connectivity index (χ4v) is 1.11. The second-order valence-electron chi connectivity index (χ2n) is 3.20. The number of hydrogen-bond acceptors (Lipinski definition) is 2. The van der Waals surface area contributed by atoms with E-state index in [-0.39, 0.29) is 5.75 Å². The first kappa shape index (κ1) is 12.5. The summed E-state index contributed by atoms with van der Waals surface area (Å²) in [6, 6.07) is 5.10. The van der Waals surface area contributed by atoms with Crippen LogP contribution in [0.2, 0.25) is 0 Å². The summed E-state index contributed by atoms with van der Waals surface area (Å²) in [5.74, 6) is -1.58. The molecule has 0 aliphatic heterocycles. The van der Waals surface area contributed by atoms with Crippen LogP contribution in [0.15, 0.2) is 24.3 Å². The molecule has 5 heteroatoms. The average molecular weight is 232 g/mol. The van der Waals surface area contributed by atoms with Crippen molar-refractivity contribution in [2.45, 2.75) is 19.5 Å². The normalized spacial score (nSPS) is 11.2. The maximum atomic E-state index is 12.1. The molecule has 0 fully saturated rings. The molecule has 88 valence electrons. The molecule has 1 rings (SSSR count). The molecule has 1 aromatic carbocycles. The fourth-order valence-electron chi connectivity index (χ4n) is 1.11. The Morgan fingerprint density at radius 1 is 1.38 bits per heavy atom. The van der Waals surface area contributed by atoms with Gasteiger partial charge in [0.2, 0.25) is 0 Å². The summed E-state index contributed by atoms with van der Waals surface area (Å²) in [6.07, 6.45) is -4.10. The van der Waals surface area contributed by atoms with Crippen LogP contribution in [0.3, 0.4) is 0 Å². The SMILES string of the molecule is CCCOc1cccc(C(=O)C(F)(F)F)c1. The van der Waals surface area contributed by atoms with E-state index < -0.39 is 17.5 Å². The third kappa shape index (κ3) is 3.25. The molecule has 0 spiro atoms. The lowest BCUT2D eigenvalue weighted by atomic mass is 10.1. The van der Waals surface area contributed by atoms with Gasteiger partial charge in [-0.05, 0) is 18.6 Å². The topological polar surface area (TPSA) is 26.3 Å². The summed E-state index contributed by atoms with van der Waals surface area (Å²) in [5, 5.41) is 0. The van der Waals surface area contributed by atoms with Crippen LogP contribution in [-0.2, 0) is 0 Å². The van der Waals surface area contributed by atoms with Gasteiger partial charge in [-0.1, -0.05) is 19.1 Å². The van der Waals surface area contributed by atoms with Gasteiger partial charge in [0.15, 0.2) is 0 Å². The van der Waals surface area contributed by atoms with Gasteiger partial charge >= 0.3 is 6.18 Å². The van der Waals surface area contributed by atoms with Gasteiger partial charge in [-0.25, -0.2) is 0 Å². The predicted molar refractivity (Wildman–Crippen MR) is 52.6 cm³/mol. The summed E-state index contributed by atoms with van der Waals surface area (Å²) < 4.78 is 41.5. The summed E-state index contributed by atoms with van der Waals surface area (Å²) in [7, 11) is 0. The maximum Gasteiger partial charge on any atom is 0.454 e. The maximum absolute atomic E-state index is 12.1. The van der Waals surface area contributed by atoms with Crippen molar-refractivity contribution >= 4 is 5.78 Å². The van der Waals surface area contributed by atoms with E-state index in [0.717, 1.165) is 18.6 Å². The highest BCUT2D eigenvalue weighted by molar-refractivity contribution is 6.00. The minimum atomic E-state index is -4.84. The van der Waals surface area contributed by atoms with Crippen LogP contribution in [0.4, 0.5) is 13.2 Å². The van der Waals surface area contributed by atoms with Crippen molar-refractivity contribution in [3.05, 3.63) is 29.8 Å². The van der Waals surface area contributed by atoms with E-state index in [0.29, 0.717) is 6.61 Å². The van der Waals surface area contributed by atoms with Gasteiger partial charge in [-0.15, -0.1) is 0 Å². The third-order valence-electron chi connectivity index (χ3n) is 1.83. The van der Waals surface area contributed by atoms with Gasteiger partial charge in [-0.2, -0.15) is 13.2 Å². The average Bonchev–Trinajstić information content (AvgIpc) is 2.24. The van der Waals surface area contributed by atoms with E-state index in [4.69, 9.17) is 4.74 Å². The highest BCUT2D eigenvalue weighted by atomic mass is 19.4. The van der Waals surface area contributed by atoms with Gasteiger partial charge in [0.05, 0.1) is 6.61 Å². The van der Waals surface area contributed by atoms with Gasteiger partial charge in [0.1, 0.15) is 5.75 Å². The molecule has 0 radical (unpaired) electrons. The van der Waals surface area contributed by atoms with Gasteiger partial charge in [0.25, 0.3) is 5.78 Å². The molecule has 0 bridgehead atoms. The Bertz CT molecular complexity index is 372. The molecule has 0 aliphatic rings. The third-order valence-corrected chi connectivity index (χ3v) is 1.83. The van der Waals surface area contributed by atoms with Crippen molar-refractivity contribution in [2.75, 3.05) is 6.61 Å². The first-order valence-electron chi connectivity index (χ1n) is 4.79. The molecular formula is C11H11F3O2. The number of carbonyl (C=O) groups excluding carboxylic acids is 1. The Labute approximate surface area is 91.0 Å². The number of benzene rings is 1. The van der Waals surface area contributed by atoms with Crippen molar-refractivity contribution in [2.24, 2.45) is 0 Å². The predicted octanol–water partition coefficient (Wildman–Crippen LogP) is 3.22. The second-order valence-corrected chi connectivity index (χ2v) is 3.20. The molecule has 1 aromatic rings. The Morgan fingerprint density at radius 3 is 2.62 bits per heavy atom. The highest BCUT2D eigenvalue weighted by Crippen LogP contribution is 2.23. The van der Waals surface area contributed by atoms with Gasteiger partial charge in [-0.3, -0.25) is 4.79 Å². The summed E-state index contributed by atoms with van der Waals surface area (Å²) in [6.45, 7) is 2.29. The lowest BCUT2D eigenvalue weighted by molar-refractivity contribution is -0.0885. The minimum Gasteiger partial charge on any atom is -0.494 e. The minimum absolute atomic E-state index is 0.275. The number of alkyl halides is 3. The molecule has 0 unspecified atom stereocenters. The zero-order chi connectivity index (χ0) is 12.2. The number of halogens is 3. The standard InChI is InChI=1S/C11H11F3O2/c1-2-6-16-9-5-3-4-8(7-9)10(15)11(12,13)14/h3-5,7H,2,6H2,1H3. The van der Waals surface area contributed by atoms with Gasteiger partial charge < -0.3 is 4.74 Å². The monoisotopic (exact) mass is 232 g/mol. The number of hydrogen-bond donors (Lipinski definition) is 0. The molecule has 0 saturated carbocycles. The van der Waals surface area contributed by atoms with Crippen LogP contribution in [0.5, 0.6) is 5.75 Å². The number of Topliss-reactive ketones (excluding diaryl/α,β-unsaturated/α-hetero) is 1. The molecule has 0 aromatic heterocycles. The van der Waals surface area contributed by atoms with E-state index in [1.807, 2.05) is 6.92 Å². The quantitative estimate of drug-likeness (QED) is 0.745. The molecule has 16 heavy (non-hydrogen) atoms. The Morgan fingerprint density at radius 2 is 2.06 bits per heavy atom. The Balaban J connectivity index is 2.86. The molecule has 0 atom stereocenters. The summed E-state index contributed by atoms with van der Waals surface area (Å²) in [4.78, 5) is 10.9. The zero-order valence-electron chi connectivity index (χ0n) is 8.67. The lowest BCUT2D eigenvalue weighted by Gasteiger charge is -2.08. The Kier molecular flexibility index (Phi) is 3.93. The van der Waals surface area contributed by atoms with Crippen molar-refractivity contribution in [3.8, 4) is 5.75 Å². The highest BCUT2D eigenvalue weighted by Gasteiger charge is 2.39. The molecule has 2 nitrogen and oxygen atoms in total.